The van der Waals surface area contributed by atoms with Crippen LogP contribution in [-0.2, 0) is 16.1 Å². The van der Waals surface area contributed by atoms with Crippen LogP contribution in [0.4, 0.5) is 5.69 Å². The molecule has 0 aliphatic rings. The Bertz CT molecular complexity index is 734. The molecule has 0 fully saturated rings. The van der Waals surface area contributed by atoms with Crippen LogP contribution in [0.5, 0.6) is 5.75 Å². The minimum absolute atomic E-state index is 0.0485. The summed E-state index contributed by atoms with van der Waals surface area (Å²) in [6.45, 7) is 1.73. The van der Waals surface area contributed by atoms with Crippen molar-refractivity contribution in [3.8, 4) is 5.75 Å². The van der Waals surface area contributed by atoms with Gasteiger partial charge in [0.05, 0.1) is 12.8 Å². The molecule has 0 aliphatic heterocycles. The van der Waals surface area contributed by atoms with Gasteiger partial charge < -0.3 is 15.0 Å². The molecule has 0 unspecified atom stereocenters. The third-order valence-corrected chi connectivity index (χ3v) is 4.16. The van der Waals surface area contributed by atoms with Gasteiger partial charge in [0.25, 0.3) is 0 Å². The van der Waals surface area contributed by atoms with Crippen LogP contribution >= 0.6 is 15.9 Å². The van der Waals surface area contributed by atoms with Crippen molar-refractivity contribution in [3.63, 3.8) is 0 Å². The molecule has 2 aromatic carbocycles. The molecule has 0 saturated carbocycles. The maximum absolute atomic E-state index is 12.3. The van der Waals surface area contributed by atoms with Crippen LogP contribution < -0.4 is 15.0 Å². The molecule has 0 saturated heterocycles. The number of anilines is 1. The minimum atomic E-state index is -0.244. The van der Waals surface area contributed by atoms with Crippen molar-refractivity contribution in [1.82, 2.24) is 5.32 Å². The van der Waals surface area contributed by atoms with Gasteiger partial charge in [-0.2, -0.15) is 0 Å². The molecule has 2 amide bonds. The lowest BCUT2D eigenvalue weighted by molar-refractivity contribution is -0.123. The average molecular weight is 391 g/mol. The summed E-state index contributed by atoms with van der Waals surface area (Å²) in [4.78, 5) is 25.6. The zero-order valence-corrected chi connectivity index (χ0v) is 15.2. The number of halogens is 1. The van der Waals surface area contributed by atoms with Gasteiger partial charge in [-0.15, -0.1) is 0 Å². The molecule has 6 heteroatoms. The molecular formula is C18H19BrN2O3. The van der Waals surface area contributed by atoms with E-state index in [-0.39, 0.29) is 18.4 Å². The number of carbonyl (C=O) groups is 2. The first-order valence-electron chi connectivity index (χ1n) is 7.44. The first-order chi connectivity index (χ1) is 11.5. The Morgan fingerprint density at radius 3 is 2.46 bits per heavy atom. The van der Waals surface area contributed by atoms with Crippen LogP contribution in [0, 0.1) is 0 Å². The quantitative estimate of drug-likeness (QED) is 0.823. The molecular weight excluding hydrogens is 372 g/mol. The van der Waals surface area contributed by atoms with E-state index < -0.39 is 0 Å². The maximum Gasteiger partial charge on any atom is 0.240 e. The zero-order valence-electron chi connectivity index (χ0n) is 13.6. The summed E-state index contributed by atoms with van der Waals surface area (Å²) in [5.41, 5.74) is 1.54. The topological polar surface area (TPSA) is 58.6 Å². The van der Waals surface area contributed by atoms with Crippen molar-refractivity contribution in [3.05, 3.63) is 58.6 Å². The van der Waals surface area contributed by atoms with Gasteiger partial charge in [-0.3, -0.25) is 9.59 Å². The monoisotopic (exact) mass is 390 g/mol. The molecule has 1 N–H and O–H groups in total. The van der Waals surface area contributed by atoms with Gasteiger partial charge in [0, 0.05) is 23.5 Å². The van der Waals surface area contributed by atoms with E-state index in [4.69, 9.17) is 4.74 Å². The van der Waals surface area contributed by atoms with E-state index in [1.54, 1.807) is 13.2 Å². The SMILES string of the molecule is COc1ccccc1CNC(=O)CN(C(C)=O)c1ccccc1Br. The van der Waals surface area contributed by atoms with E-state index in [1.807, 2.05) is 42.5 Å². The number of methoxy groups -OCH3 is 1. The Morgan fingerprint density at radius 1 is 1.12 bits per heavy atom. The van der Waals surface area contributed by atoms with E-state index in [1.165, 1.54) is 11.8 Å². The highest BCUT2D eigenvalue weighted by Gasteiger charge is 2.17. The average Bonchev–Trinajstić information content (AvgIpc) is 2.58. The van der Waals surface area contributed by atoms with Crippen LogP contribution in [0.15, 0.2) is 53.0 Å². The molecule has 0 radical (unpaired) electrons. The van der Waals surface area contributed by atoms with E-state index >= 15 is 0 Å². The lowest BCUT2D eigenvalue weighted by Gasteiger charge is -2.22. The summed E-state index contributed by atoms with van der Waals surface area (Å²) < 4.78 is 6.02. The maximum atomic E-state index is 12.3. The highest BCUT2D eigenvalue weighted by Crippen LogP contribution is 2.25. The number of hydrogen-bond acceptors (Lipinski definition) is 3. The largest absolute Gasteiger partial charge is 0.496 e. The second-order valence-electron chi connectivity index (χ2n) is 5.15. The van der Waals surface area contributed by atoms with Crippen molar-refractivity contribution in [2.75, 3.05) is 18.6 Å². The van der Waals surface area contributed by atoms with Gasteiger partial charge in [0.15, 0.2) is 0 Å². The van der Waals surface area contributed by atoms with Gasteiger partial charge >= 0.3 is 0 Å². The number of amides is 2. The van der Waals surface area contributed by atoms with Crippen molar-refractivity contribution in [1.29, 1.82) is 0 Å². The predicted octanol–water partition coefficient (Wildman–Crippen LogP) is 3.13. The standard InChI is InChI=1S/C18H19BrN2O3/c1-13(22)21(16-9-5-4-8-15(16)19)12-18(23)20-11-14-7-3-6-10-17(14)24-2/h3-10H,11-12H2,1-2H3,(H,20,23). The van der Waals surface area contributed by atoms with Crippen LogP contribution in [0.1, 0.15) is 12.5 Å². The number of ether oxygens (including phenoxy) is 1. The Balaban J connectivity index is 2.04. The number of hydrogen-bond donors (Lipinski definition) is 1. The molecule has 126 valence electrons. The summed E-state index contributed by atoms with van der Waals surface area (Å²) in [6, 6.07) is 14.8. The molecule has 0 bridgehead atoms. The Morgan fingerprint density at radius 2 is 1.79 bits per heavy atom. The summed E-state index contributed by atoms with van der Waals surface area (Å²) >= 11 is 3.41. The fraction of sp³-hybridized carbons (Fsp3) is 0.222. The highest BCUT2D eigenvalue weighted by atomic mass is 79.9. The Labute approximate surface area is 149 Å². The van der Waals surface area contributed by atoms with E-state index in [9.17, 15) is 9.59 Å². The first kappa shape index (κ1) is 18.0. The third-order valence-electron chi connectivity index (χ3n) is 3.49. The number of nitrogens with zero attached hydrogens (tertiary/aromatic N) is 1. The normalized spacial score (nSPS) is 10.1. The van der Waals surface area contributed by atoms with Crippen molar-refractivity contribution < 1.29 is 14.3 Å². The number of carbonyl (C=O) groups excluding carboxylic acids is 2. The minimum Gasteiger partial charge on any atom is -0.496 e. The van der Waals surface area contributed by atoms with Gasteiger partial charge in [-0.05, 0) is 34.1 Å². The number of nitrogens with one attached hydrogen (secondary N) is 1. The summed E-state index contributed by atoms with van der Waals surface area (Å²) in [6.07, 6.45) is 0. The Hall–Kier alpha value is -2.34. The van der Waals surface area contributed by atoms with E-state index in [0.717, 1.165) is 10.0 Å². The van der Waals surface area contributed by atoms with Crippen LogP contribution in [0.25, 0.3) is 0 Å². The Kier molecular flexibility index (Phi) is 6.37. The smallest absolute Gasteiger partial charge is 0.240 e. The molecule has 0 spiro atoms. The van der Waals surface area contributed by atoms with Crippen molar-refractivity contribution in [2.45, 2.75) is 13.5 Å². The van der Waals surface area contributed by atoms with Crippen LogP contribution in [0.3, 0.4) is 0 Å². The zero-order chi connectivity index (χ0) is 17.5. The molecule has 2 rings (SSSR count). The fourth-order valence-corrected chi connectivity index (χ4v) is 2.78. The second kappa shape index (κ2) is 8.49. The lowest BCUT2D eigenvalue weighted by atomic mass is 10.2. The number of benzene rings is 2. The van der Waals surface area contributed by atoms with Crippen molar-refractivity contribution >= 4 is 33.4 Å². The molecule has 0 aliphatic carbocycles. The first-order valence-corrected chi connectivity index (χ1v) is 8.23. The molecule has 5 nitrogen and oxygen atoms in total. The summed E-state index contributed by atoms with van der Waals surface area (Å²) in [5, 5.41) is 2.82. The molecule has 0 atom stereocenters. The number of rotatable bonds is 6. The second-order valence-corrected chi connectivity index (χ2v) is 6.00. The molecule has 2 aromatic rings. The third kappa shape index (κ3) is 4.58. The van der Waals surface area contributed by atoms with Gasteiger partial charge in [0.1, 0.15) is 12.3 Å². The predicted molar refractivity (Wildman–Crippen MR) is 97.0 cm³/mol. The fourth-order valence-electron chi connectivity index (χ4n) is 2.28. The summed E-state index contributed by atoms with van der Waals surface area (Å²) in [7, 11) is 1.59. The molecule has 0 heterocycles. The number of para-hydroxylation sites is 2. The lowest BCUT2D eigenvalue weighted by Crippen LogP contribution is -2.39. The van der Waals surface area contributed by atoms with Gasteiger partial charge in [0.2, 0.25) is 11.8 Å². The van der Waals surface area contributed by atoms with Crippen LogP contribution in [-0.4, -0.2) is 25.5 Å². The van der Waals surface area contributed by atoms with Crippen LogP contribution in [0.2, 0.25) is 0 Å². The van der Waals surface area contributed by atoms with E-state index in [0.29, 0.717) is 18.0 Å². The van der Waals surface area contributed by atoms with Gasteiger partial charge in [-0.1, -0.05) is 30.3 Å². The highest BCUT2D eigenvalue weighted by molar-refractivity contribution is 9.10. The molecule has 0 aromatic heterocycles. The van der Waals surface area contributed by atoms with E-state index in [2.05, 4.69) is 21.2 Å². The van der Waals surface area contributed by atoms with Crippen molar-refractivity contribution in [2.24, 2.45) is 0 Å². The summed E-state index contributed by atoms with van der Waals surface area (Å²) in [5.74, 6) is 0.272. The molecule has 24 heavy (non-hydrogen) atoms. The van der Waals surface area contributed by atoms with Gasteiger partial charge in [-0.25, -0.2) is 0 Å².